The molecule has 2 unspecified atom stereocenters. The maximum absolute atomic E-state index is 12.4. The van der Waals surface area contributed by atoms with Crippen LogP contribution in [-0.4, -0.2) is 111 Å². The second-order valence-electron chi connectivity index (χ2n) is 16.6. The summed E-state index contributed by atoms with van der Waals surface area (Å²) < 4.78 is 25.5. The molecule has 5 N–H and O–H groups in total. The fraction of sp³-hybridized carbons (Fsp3) is 0.800. The van der Waals surface area contributed by atoms with Crippen LogP contribution in [0.2, 0.25) is 0 Å². The summed E-state index contributed by atoms with van der Waals surface area (Å²) in [6.07, 6.45) is -2.16. The van der Waals surface area contributed by atoms with Crippen LogP contribution in [0.3, 0.4) is 0 Å². The van der Waals surface area contributed by atoms with E-state index in [-0.39, 0.29) is 22.5 Å². The molecule has 0 amide bonds. The quantitative estimate of drug-likeness (QED) is 0.296. The van der Waals surface area contributed by atoms with Gasteiger partial charge in [-0.2, -0.15) is 0 Å². The number of methoxy groups -OCH3 is 1. The minimum atomic E-state index is -1.81. The zero-order valence-electron chi connectivity index (χ0n) is 27.4. The molecule has 11 heteroatoms. The van der Waals surface area contributed by atoms with Crippen LogP contribution in [0, 0.1) is 22.7 Å². The smallest absolute Gasteiger partial charge is 0.335 e. The topological polar surface area (TPSA) is 158 Å². The summed E-state index contributed by atoms with van der Waals surface area (Å²) in [5, 5.41) is 53.6. The summed E-state index contributed by atoms with van der Waals surface area (Å²) in [4.78, 5) is 14.5. The lowest BCUT2D eigenvalue weighted by Gasteiger charge is -2.75. The molecule has 0 aromatic heterocycles. The molecule has 4 bridgehead atoms. The molecule has 1 aromatic rings. The van der Waals surface area contributed by atoms with Gasteiger partial charge in [-0.05, 0) is 81.4 Å². The van der Waals surface area contributed by atoms with Crippen molar-refractivity contribution in [2.24, 2.45) is 22.7 Å². The Balaban J connectivity index is 1.27. The molecule has 11 nitrogen and oxygen atoms in total. The fourth-order valence-corrected chi connectivity index (χ4v) is 10.9. The van der Waals surface area contributed by atoms with Crippen molar-refractivity contribution in [3.63, 3.8) is 0 Å². The van der Waals surface area contributed by atoms with Gasteiger partial charge in [0.15, 0.2) is 17.6 Å². The third-order valence-corrected chi connectivity index (χ3v) is 13.9. The molecule has 2 spiro atoms. The number of hydrogen-bond acceptors (Lipinski definition) is 10. The first kappa shape index (κ1) is 31.3. The van der Waals surface area contributed by atoms with Gasteiger partial charge < -0.3 is 44.5 Å². The van der Waals surface area contributed by atoms with Crippen LogP contribution in [0.5, 0.6) is 11.5 Å². The minimum Gasteiger partial charge on any atom is -0.482 e. The normalized spacial score (nSPS) is 45.5. The van der Waals surface area contributed by atoms with Gasteiger partial charge in [0.25, 0.3) is 0 Å². The van der Waals surface area contributed by atoms with Gasteiger partial charge in [0, 0.05) is 42.0 Å². The number of piperidine rings is 1. The summed E-state index contributed by atoms with van der Waals surface area (Å²) in [5.74, 6) is -0.0821. The number of carboxylic acid groups (broad SMARTS) is 1. The molecule has 3 aliphatic heterocycles. The fourth-order valence-electron chi connectivity index (χ4n) is 10.9. The number of nitrogens with zero attached hydrogens (tertiary/aromatic N) is 1. The van der Waals surface area contributed by atoms with Crippen molar-refractivity contribution in [2.75, 3.05) is 20.2 Å². The second-order valence-corrected chi connectivity index (χ2v) is 16.6. The molecular formula is C35H49NO10. The van der Waals surface area contributed by atoms with Crippen molar-refractivity contribution < 1.29 is 49.3 Å². The van der Waals surface area contributed by atoms with Crippen LogP contribution in [0.4, 0.5) is 0 Å². The average molecular weight is 644 g/mol. The predicted octanol–water partition coefficient (Wildman–Crippen LogP) is 1.98. The van der Waals surface area contributed by atoms with Crippen LogP contribution in [0.25, 0.3) is 0 Å². The molecule has 5 aliphatic carbocycles. The highest BCUT2D eigenvalue weighted by atomic mass is 16.7. The zero-order valence-corrected chi connectivity index (χ0v) is 27.4. The number of aliphatic hydroxyl groups excluding tert-OH is 3. The van der Waals surface area contributed by atoms with Gasteiger partial charge in [0.1, 0.15) is 30.0 Å². The third kappa shape index (κ3) is 3.76. The number of benzene rings is 1. The first-order chi connectivity index (χ1) is 21.6. The number of likely N-dealkylation sites (tertiary alicyclic amines) is 1. The second kappa shape index (κ2) is 9.80. The largest absolute Gasteiger partial charge is 0.482 e. The Hall–Kier alpha value is -1.99. The Bertz CT molecular complexity index is 1440. The Kier molecular flexibility index (Phi) is 6.67. The van der Waals surface area contributed by atoms with Crippen molar-refractivity contribution in [3.05, 3.63) is 23.3 Å². The molecule has 254 valence electrons. The Labute approximate surface area is 269 Å². The summed E-state index contributed by atoms with van der Waals surface area (Å²) in [7, 11) is 1.75. The van der Waals surface area contributed by atoms with E-state index in [2.05, 4.69) is 31.7 Å². The highest BCUT2D eigenvalue weighted by Crippen LogP contribution is 2.78. The SMILES string of the molecule is COC12CC[C@@]3(C[C@@H]1[C@](C)(O)C(C)(C)C)[C@H]1Cc4ccc(OC5O[C@H](C(=O)O)[C@@H](O)[C@H](O)[C@H]5O)c5c4[C@@]3(CCN1CC1CC1)[C@H]2O5. The molecule has 8 aliphatic rings. The van der Waals surface area contributed by atoms with Crippen LogP contribution < -0.4 is 9.47 Å². The number of rotatable bonds is 7. The molecule has 4 saturated carbocycles. The number of fused-ring (bicyclic) bond motifs is 2. The molecule has 1 aromatic carbocycles. The van der Waals surface area contributed by atoms with Gasteiger partial charge in [-0.3, -0.25) is 4.90 Å². The van der Waals surface area contributed by atoms with E-state index in [1.807, 2.05) is 6.92 Å². The summed E-state index contributed by atoms with van der Waals surface area (Å²) >= 11 is 0. The van der Waals surface area contributed by atoms with Crippen LogP contribution in [0.1, 0.15) is 77.3 Å². The molecule has 2 saturated heterocycles. The first-order valence-corrected chi connectivity index (χ1v) is 17.1. The first-order valence-electron chi connectivity index (χ1n) is 17.1. The highest BCUT2D eigenvalue weighted by Gasteiger charge is 2.82. The van der Waals surface area contributed by atoms with Gasteiger partial charge in [-0.1, -0.05) is 26.8 Å². The highest BCUT2D eigenvalue weighted by molar-refractivity contribution is 5.73. The van der Waals surface area contributed by atoms with E-state index in [1.54, 1.807) is 13.2 Å². The van der Waals surface area contributed by atoms with E-state index >= 15 is 0 Å². The van der Waals surface area contributed by atoms with E-state index in [4.69, 9.17) is 18.9 Å². The monoisotopic (exact) mass is 643 g/mol. The van der Waals surface area contributed by atoms with E-state index in [9.17, 15) is 30.3 Å². The van der Waals surface area contributed by atoms with Crippen molar-refractivity contribution in [1.82, 2.24) is 4.90 Å². The van der Waals surface area contributed by atoms with Crippen molar-refractivity contribution in [1.29, 1.82) is 0 Å². The average Bonchev–Trinajstić information content (AvgIpc) is 3.75. The van der Waals surface area contributed by atoms with Crippen molar-refractivity contribution in [3.8, 4) is 11.5 Å². The van der Waals surface area contributed by atoms with Crippen LogP contribution in [-0.2, 0) is 26.1 Å². The Morgan fingerprint density at radius 3 is 2.46 bits per heavy atom. The summed E-state index contributed by atoms with van der Waals surface area (Å²) in [6.45, 7) is 10.3. The van der Waals surface area contributed by atoms with Gasteiger partial charge in [-0.25, -0.2) is 4.79 Å². The van der Waals surface area contributed by atoms with Gasteiger partial charge >= 0.3 is 5.97 Å². The van der Waals surface area contributed by atoms with Crippen LogP contribution in [0.15, 0.2) is 12.1 Å². The van der Waals surface area contributed by atoms with Crippen LogP contribution >= 0.6 is 0 Å². The van der Waals surface area contributed by atoms with E-state index in [0.717, 1.165) is 56.7 Å². The standard InChI is InChI=1S/C35H49NO10/c1-31(2,3)32(4,42)20-15-33-10-11-35(20,43-5)30-34(33)12-13-36(16-17-6-7-17)21(33)14-18-8-9-19(26(46-30)22(18)34)44-29-25(39)23(37)24(38)27(45-29)28(40)41/h8-9,17,20-21,23-25,27,29-30,37-39,42H,6-7,10-16H2,1-5H3,(H,40,41)/t20-,21-,23+,24+,25-,27+,29?,30-,32+,33-,34+,35?/m1/s1. The minimum absolute atomic E-state index is 0.169. The van der Waals surface area contributed by atoms with Gasteiger partial charge in [0.2, 0.25) is 6.29 Å². The number of ether oxygens (including phenoxy) is 4. The van der Waals surface area contributed by atoms with E-state index in [0.29, 0.717) is 11.8 Å². The maximum Gasteiger partial charge on any atom is 0.335 e. The zero-order chi connectivity index (χ0) is 32.8. The number of carboxylic acids is 1. The molecule has 9 rings (SSSR count). The lowest BCUT2D eigenvalue weighted by Crippen LogP contribution is -2.83. The van der Waals surface area contributed by atoms with Crippen molar-refractivity contribution >= 4 is 5.97 Å². The molecule has 12 atom stereocenters. The summed E-state index contributed by atoms with van der Waals surface area (Å²) in [5.41, 5.74) is -0.512. The maximum atomic E-state index is 12.4. The lowest BCUT2D eigenvalue weighted by molar-refractivity contribution is -0.312. The number of hydrogen-bond donors (Lipinski definition) is 5. The van der Waals surface area contributed by atoms with Crippen molar-refractivity contribution in [2.45, 2.75) is 132 Å². The number of aliphatic carboxylic acids is 1. The molecular weight excluding hydrogens is 594 g/mol. The predicted molar refractivity (Wildman–Crippen MR) is 163 cm³/mol. The Morgan fingerprint density at radius 1 is 1.07 bits per heavy atom. The summed E-state index contributed by atoms with van der Waals surface area (Å²) in [6, 6.07) is 4.14. The van der Waals surface area contributed by atoms with Gasteiger partial charge in [-0.15, -0.1) is 0 Å². The molecule has 46 heavy (non-hydrogen) atoms. The van der Waals surface area contributed by atoms with Gasteiger partial charge in [0.05, 0.1) is 5.60 Å². The van der Waals surface area contributed by atoms with E-state index < -0.39 is 59.4 Å². The molecule has 0 radical (unpaired) electrons. The number of carbonyl (C=O) groups is 1. The Morgan fingerprint density at radius 2 is 1.80 bits per heavy atom. The molecule has 3 heterocycles. The molecule has 6 fully saturated rings. The van der Waals surface area contributed by atoms with E-state index in [1.165, 1.54) is 18.4 Å². The third-order valence-electron chi connectivity index (χ3n) is 13.9. The number of aliphatic hydroxyl groups is 4. The lowest BCUT2D eigenvalue weighted by atomic mass is 9.33.